The number of rotatable bonds is 0. The van der Waals surface area contributed by atoms with Crippen LogP contribution >= 0.6 is 0 Å². The van der Waals surface area contributed by atoms with Gasteiger partial charge in [-0.15, -0.1) is 12.8 Å². The van der Waals surface area contributed by atoms with Gasteiger partial charge in [0.1, 0.15) is 0 Å². The van der Waals surface area contributed by atoms with Gasteiger partial charge in [-0.1, -0.05) is 41.5 Å². The van der Waals surface area contributed by atoms with Gasteiger partial charge >= 0.3 is 0 Å². The molecule has 0 aliphatic heterocycles. The minimum absolute atomic E-state index is 0. The predicted molar refractivity (Wildman–Crippen MR) is 83.5 cm³/mol. The van der Waals surface area contributed by atoms with Gasteiger partial charge in [-0.05, 0) is 10.8 Å². The fourth-order valence-corrected chi connectivity index (χ4v) is 1.84. The molecule has 0 aromatic heterocycles. The van der Waals surface area contributed by atoms with E-state index in [0.29, 0.717) is 10.8 Å². The van der Waals surface area contributed by atoms with Crippen LogP contribution < -0.4 is 0 Å². The van der Waals surface area contributed by atoms with Crippen molar-refractivity contribution in [1.29, 1.82) is 0 Å². The van der Waals surface area contributed by atoms with Crippen LogP contribution in [0.25, 0.3) is 0 Å². The summed E-state index contributed by atoms with van der Waals surface area (Å²) in [5, 5.41) is 0. The van der Waals surface area contributed by atoms with Gasteiger partial charge in [0.2, 0.25) is 0 Å². The Morgan fingerprint density at radius 3 is 1.15 bits per heavy atom. The maximum atomic E-state index is 3.30. The molecule has 2 rings (SSSR count). The van der Waals surface area contributed by atoms with Gasteiger partial charge in [0.05, 0.1) is 0 Å². The summed E-state index contributed by atoms with van der Waals surface area (Å²) >= 11 is 0. The molecule has 2 aliphatic carbocycles. The standard InChI is InChI=1S/2C9H13.Dy.H2O/c2*1-9(2,3)8-6-4-5-7-8;;/h2*4,6H,5H2,1-3H3;;1H2/q2*-1;;. The van der Waals surface area contributed by atoms with Crippen LogP contribution in [0.2, 0.25) is 0 Å². The minimum atomic E-state index is 0. The zero-order valence-corrected chi connectivity index (χ0v) is 15.6. The molecule has 0 spiro atoms. The topological polar surface area (TPSA) is 31.5 Å². The molecule has 118 valence electrons. The molecule has 0 unspecified atom stereocenters. The van der Waals surface area contributed by atoms with Crippen molar-refractivity contribution in [3.05, 3.63) is 47.6 Å². The molecular formula is C18H28DyO-2. The number of allylic oxidation sites excluding steroid dienone is 8. The largest absolute Gasteiger partial charge is 0.412 e. The van der Waals surface area contributed by atoms with Gasteiger partial charge < -0.3 is 5.48 Å². The maximum Gasteiger partial charge on any atom is 0 e. The van der Waals surface area contributed by atoms with Crippen molar-refractivity contribution in [1.82, 2.24) is 0 Å². The molecule has 0 aromatic carbocycles. The summed E-state index contributed by atoms with van der Waals surface area (Å²) in [6.45, 7) is 13.3. The van der Waals surface area contributed by atoms with Crippen molar-refractivity contribution in [3.8, 4) is 0 Å². The summed E-state index contributed by atoms with van der Waals surface area (Å²) in [4.78, 5) is 0. The van der Waals surface area contributed by atoms with Crippen LogP contribution in [0, 0.1) is 61.2 Å². The summed E-state index contributed by atoms with van der Waals surface area (Å²) in [5.41, 5.74) is 3.30. The van der Waals surface area contributed by atoms with Crippen LogP contribution in [-0.4, -0.2) is 5.48 Å². The van der Waals surface area contributed by atoms with Crippen LogP contribution in [0.1, 0.15) is 54.4 Å². The Morgan fingerprint density at radius 1 is 0.750 bits per heavy atom. The van der Waals surface area contributed by atoms with Crippen LogP contribution in [0.15, 0.2) is 35.5 Å². The summed E-state index contributed by atoms with van der Waals surface area (Å²) in [6, 6.07) is 0. The smallest absolute Gasteiger partial charge is 0 e. The minimum Gasteiger partial charge on any atom is -0.412 e. The first-order valence-electron chi connectivity index (χ1n) is 6.77. The van der Waals surface area contributed by atoms with Crippen molar-refractivity contribution < 1.29 is 43.6 Å². The summed E-state index contributed by atoms with van der Waals surface area (Å²) < 4.78 is 0. The van der Waals surface area contributed by atoms with Gasteiger partial charge in [-0.25, -0.2) is 23.3 Å². The van der Waals surface area contributed by atoms with Crippen LogP contribution in [0.3, 0.4) is 0 Å². The van der Waals surface area contributed by atoms with Crippen molar-refractivity contribution >= 4 is 0 Å². The first kappa shape index (κ1) is 22.5. The van der Waals surface area contributed by atoms with Gasteiger partial charge in [0.15, 0.2) is 0 Å². The first-order valence-corrected chi connectivity index (χ1v) is 6.77. The molecule has 0 heterocycles. The number of hydrogen-bond donors (Lipinski definition) is 0. The second kappa shape index (κ2) is 9.26. The van der Waals surface area contributed by atoms with Gasteiger partial charge in [0.25, 0.3) is 0 Å². The van der Waals surface area contributed by atoms with Gasteiger partial charge in [-0.2, -0.15) is 12.2 Å². The molecule has 0 aromatic rings. The average Bonchev–Trinajstić information content (AvgIpc) is 2.91. The zero-order chi connectivity index (χ0) is 13.8. The third-order valence-electron chi connectivity index (χ3n) is 3.01. The molecule has 20 heavy (non-hydrogen) atoms. The third kappa shape index (κ3) is 7.84. The van der Waals surface area contributed by atoms with Crippen LogP contribution in [-0.2, 0) is 0 Å². The van der Waals surface area contributed by atoms with E-state index in [1.54, 1.807) is 0 Å². The van der Waals surface area contributed by atoms with E-state index in [1.165, 1.54) is 11.1 Å². The molecule has 0 amide bonds. The Labute approximate surface area is 155 Å². The Morgan fingerprint density at radius 2 is 1.05 bits per heavy atom. The van der Waals surface area contributed by atoms with Crippen molar-refractivity contribution in [2.24, 2.45) is 10.8 Å². The van der Waals surface area contributed by atoms with E-state index < -0.39 is 0 Å². The summed E-state index contributed by atoms with van der Waals surface area (Å²) in [6.07, 6.45) is 17.3. The molecule has 2 aliphatic rings. The molecule has 0 bridgehead atoms. The molecule has 2 heteroatoms. The van der Waals surface area contributed by atoms with E-state index in [1.807, 2.05) is 0 Å². The Bertz CT molecular complexity index is 358. The normalized spacial score (nSPS) is 16.5. The monoisotopic (exact) mass is 424 g/mol. The molecule has 2 N–H and O–H groups in total. The fraction of sp³-hybridized carbons (Fsp3) is 0.556. The van der Waals surface area contributed by atoms with Crippen molar-refractivity contribution in [2.75, 3.05) is 0 Å². The zero-order valence-electron chi connectivity index (χ0n) is 13.5. The second-order valence-corrected chi connectivity index (χ2v) is 6.89. The second-order valence-electron chi connectivity index (χ2n) is 6.89. The molecule has 0 fully saturated rings. The van der Waals surface area contributed by atoms with E-state index in [-0.39, 0.29) is 43.6 Å². The van der Waals surface area contributed by atoms with E-state index in [2.05, 4.69) is 78.0 Å². The molecule has 0 radical (unpaired) electrons. The molecule has 1 nitrogen and oxygen atoms in total. The van der Waals surface area contributed by atoms with E-state index in [0.717, 1.165) is 12.8 Å². The van der Waals surface area contributed by atoms with Gasteiger partial charge in [-0.3, -0.25) is 12.2 Å². The molecule has 0 saturated heterocycles. The average molecular weight is 423 g/mol. The van der Waals surface area contributed by atoms with E-state index in [4.69, 9.17) is 0 Å². The molecule has 0 saturated carbocycles. The van der Waals surface area contributed by atoms with Crippen molar-refractivity contribution in [3.63, 3.8) is 0 Å². The first-order chi connectivity index (χ1) is 8.21. The molecular weight excluding hydrogens is 395 g/mol. The predicted octanol–water partition coefficient (Wildman–Crippen LogP) is 4.62. The van der Waals surface area contributed by atoms with Gasteiger partial charge in [0, 0.05) is 38.2 Å². The summed E-state index contributed by atoms with van der Waals surface area (Å²) in [5.74, 6) is 0. The Kier molecular flexibility index (Phi) is 10.4. The van der Waals surface area contributed by atoms with E-state index in [9.17, 15) is 0 Å². The number of hydrogen-bond acceptors (Lipinski definition) is 0. The Hall–Kier alpha value is 0.193. The quantitative estimate of drug-likeness (QED) is 0.510. The summed E-state index contributed by atoms with van der Waals surface area (Å²) in [7, 11) is 0. The fourth-order valence-electron chi connectivity index (χ4n) is 1.84. The third-order valence-corrected chi connectivity index (χ3v) is 3.01. The SMILES string of the molecule is CC(C)(C)C1=[C-]CC=C1.CC(C)(C)C1=[C-]CC=C1.O.[Dy]. The Balaban J connectivity index is 0. The van der Waals surface area contributed by atoms with Crippen LogP contribution in [0.5, 0.6) is 0 Å². The van der Waals surface area contributed by atoms with Crippen LogP contribution in [0.4, 0.5) is 0 Å². The molecule has 0 atom stereocenters. The van der Waals surface area contributed by atoms with Crippen molar-refractivity contribution in [2.45, 2.75) is 54.4 Å². The maximum absolute atomic E-state index is 3.30. The van der Waals surface area contributed by atoms with E-state index >= 15 is 0 Å².